The van der Waals surface area contributed by atoms with Crippen LogP contribution in [-0.4, -0.2) is 45.6 Å². The molecule has 49 heavy (non-hydrogen) atoms. The van der Waals surface area contributed by atoms with Gasteiger partial charge < -0.3 is 19.9 Å². The Morgan fingerprint density at radius 1 is 1.00 bits per heavy atom. The summed E-state index contributed by atoms with van der Waals surface area (Å²) in [5, 5.41) is 34.8. The Hall–Kier alpha value is -5.24. The fourth-order valence-corrected chi connectivity index (χ4v) is 6.04. The van der Waals surface area contributed by atoms with E-state index in [1.165, 1.54) is 6.07 Å². The summed E-state index contributed by atoms with van der Waals surface area (Å²) >= 11 is 0. The largest absolute Gasteiger partial charge is 0.488 e. The summed E-state index contributed by atoms with van der Waals surface area (Å²) in [5.41, 5.74) is 4.57. The first-order valence-electron chi connectivity index (χ1n) is 16.5. The van der Waals surface area contributed by atoms with E-state index in [9.17, 15) is 25.3 Å². The Morgan fingerprint density at radius 3 is 2.49 bits per heavy atom. The quantitative estimate of drug-likeness (QED) is 0.117. The summed E-state index contributed by atoms with van der Waals surface area (Å²) < 4.78 is 12.5. The number of likely N-dealkylation sites (tertiary alicyclic amines) is 1. The lowest BCUT2D eigenvalue weighted by Gasteiger charge is -2.35. The first-order chi connectivity index (χ1) is 23.5. The third-order valence-corrected chi connectivity index (χ3v) is 8.69. The van der Waals surface area contributed by atoms with Gasteiger partial charge in [-0.2, -0.15) is 5.26 Å². The molecule has 1 aliphatic rings. The third kappa shape index (κ3) is 9.22. The van der Waals surface area contributed by atoms with Crippen molar-refractivity contribution in [3.05, 3.63) is 123 Å². The fraction of sp³-hybridized carbons (Fsp3) is 0.333. The van der Waals surface area contributed by atoms with Gasteiger partial charge in [-0.1, -0.05) is 67.1 Å². The molecule has 0 saturated carbocycles. The van der Waals surface area contributed by atoms with Crippen molar-refractivity contribution in [1.82, 2.24) is 10.2 Å². The van der Waals surface area contributed by atoms with Gasteiger partial charge in [0.1, 0.15) is 19.0 Å². The molecular weight excluding hydrogens is 620 g/mol. The van der Waals surface area contributed by atoms with Crippen LogP contribution >= 0.6 is 0 Å². The molecule has 10 heteroatoms. The highest BCUT2D eigenvalue weighted by atomic mass is 16.6. The highest BCUT2D eigenvalue weighted by Gasteiger charge is 2.31. The fourth-order valence-electron chi connectivity index (χ4n) is 6.04. The van der Waals surface area contributed by atoms with Crippen LogP contribution in [0, 0.1) is 28.4 Å². The summed E-state index contributed by atoms with van der Waals surface area (Å²) in [6.45, 7) is 6.45. The Morgan fingerprint density at radius 2 is 1.76 bits per heavy atom. The van der Waals surface area contributed by atoms with Crippen molar-refractivity contribution in [1.29, 1.82) is 5.26 Å². The number of nitro benzene ring substituents is 1. The molecule has 1 atom stereocenters. The number of piperidine rings is 1. The summed E-state index contributed by atoms with van der Waals surface area (Å²) in [6.07, 6.45) is 2.37. The van der Waals surface area contributed by atoms with Crippen LogP contribution in [0.5, 0.6) is 11.5 Å². The number of aliphatic hydroxyl groups is 1. The average Bonchev–Trinajstić information content (AvgIpc) is 3.10. The van der Waals surface area contributed by atoms with Crippen molar-refractivity contribution in [2.75, 3.05) is 13.1 Å². The minimum Gasteiger partial charge on any atom is -0.488 e. The standard InChI is InChI=1S/C39H42N4O6/c1-27-31(15-10-16-33(27)30-13-5-4-6-14-30)25-49-37-21-36(48-24-29-12-9-11-28(19-29)22-40)32(20-35(37)43(46)47)23-42-18-8-7-17-34(42)38(44)41-26-39(2,3)45/h4-6,9-16,19-21,34,45H,7-8,17-18,23-26H2,1-3H3,(H,41,44). The van der Waals surface area contributed by atoms with Gasteiger partial charge in [-0.25, -0.2) is 0 Å². The lowest BCUT2D eigenvalue weighted by Crippen LogP contribution is -2.51. The van der Waals surface area contributed by atoms with Crippen LogP contribution < -0.4 is 14.8 Å². The lowest BCUT2D eigenvalue weighted by molar-refractivity contribution is -0.386. The minimum atomic E-state index is -1.06. The van der Waals surface area contributed by atoms with E-state index in [2.05, 4.69) is 11.4 Å². The molecule has 1 amide bonds. The van der Waals surface area contributed by atoms with Crippen molar-refractivity contribution in [3.8, 4) is 28.7 Å². The average molecular weight is 663 g/mol. The molecule has 4 aromatic carbocycles. The summed E-state index contributed by atoms with van der Waals surface area (Å²) in [6, 6.07) is 27.7. The summed E-state index contributed by atoms with van der Waals surface area (Å²) in [7, 11) is 0. The molecule has 0 spiro atoms. The number of hydrogen-bond acceptors (Lipinski definition) is 8. The number of nitrogens with one attached hydrogen (secondary N) is 1. The summed E-state index contributed by atoms with van der Waals surface area (Å²) in [5.74, 6) is 0.260. The van der Waals surface area contributed by atoms with Crippen LogP contribution in [0.15, 0.2) is 84.9 Å². The maximum atomic E-state index is 13.2. The SMILES string of the molecule is Cc1c(COc2cc(OCc3cccc(C#N)c3)c(CN3CCCCC3C(=O)NCC(C)(C)O)cc2[N+](=O)[O-])cccc1-c1ccccc1. The molecule has 0 bridgehead atoms. The Bertz CT molecular complexity index is 1830. The van der Waals surface area contributed by atoms with Gasteiger partial charge in [0.25, 0.3) is 0 Å². The first kappa shape index (κ1) is 35.1. The monoisotopic (exact) mass is 662 g/mol. The molecule has 5 rings (SSSR count). The Kier molecular flexibility index (Phi) is 11.3. The van der Waals surface area contributed by atoms with Crippen molar-refractivity contribution in [2.24, 2.45) is 0 Å². The van der Waals surface area contributed by atoms with Gasteiger partial charge in [0, 0.05) is 30.8 Å². The molecule has 0 aliphatic carbocycles. The predicted molar refractivity (Wildman–Crippen MR) is 187 cm³/mol. The van der Waals surface area contributed by atoms with Crippen molar-refractivity contribution in [2.45, 2.75) is 71.4 Å². The van der Waals surface area contributed by atoms with Crippen LogP contribution in [0.25, 0.3) is 11.1 Å². The number of benzene rings is 4. The number of nitro groups is 1. The van der Waals surface area contributed by atoms with E-state index in [0.717, 1.165) is 40.7 Å². The van der Waals surface area contributed by atoms with Gasteiger partial charge in [0.2, 0.25) is 11.7 Å². The molecule has 1 saturated heterocycles. The molecule has 0 radical (unpaired) electrons. The molecule has 1 unspecified atom stereocenters. The summed E-state index contributed by atoms with van der Waals surface area (Å²) in [4.78, 5) is 27.2. The van der Waals surface area contributed by atoms with Crippen molar-refractivity contribution < 1.29 is 24.3 Å². The predicted octanol–water partition coefficient (Wildman–Crippen LogP) is 6.84. The Labute approximate surface area is 287 Å². The zero-order valence-electron chi connectivity index (χ0n) is 28.1. The molecule has 4 aromatic rings. The molecule has 10 nitrogen and oxygen atoms in total. The smallest absolute Gasteiger partial charge is 0.311 e. The second kappa shape index (κ2) is 15.8. The zero-order chi connectivity index (χ0) is 35.0. The second-order valence-electron chi connectivity index (χ2n) is 13.0. The van der Waals surface area contributed by atoms with E-state index >= 15 is 0 Å². The van der Waals surface area contributed by atoms with Gasteiger partial charge in [0.15, 0.2) is 0 Å². The van der Waals surface area contributed by atoms with Gasteiger partial charge >= 0.3 is 5.69 Å². The number of amides is 1. The molecule has 254 valence electrons. The molecule has 1 aliphatic heterocycles. The van der Waals surface area contributed by atoms with Crippen LogP contribution in [0.4, 0.5) is 5.69 Å². The molecule has 1 fully saturated rings. The van der Waals surface area contributed by atoms with Crippen LogP contribution in [0.1, 0.15) is 60.9 Å². The molecule has 0 aromatic heterocycles. The van der Waals surface area contributed by atoms with Gasteiger partial charge in [-0.3, -0.25) is 19.8 Å². The maximum absolute atomic E-state index is 13.2. The Balaban J connectivity index is 1.46. The lowest BCUT2D eigenvalue weighted by atomic mass is 9.97. The van der Waals surface area contributed by atoms with E-state index in [4.69, 9.17) is 9.47 Å². The van der Waals surface area contributed by atoms with Gasteiger partial charge in [-0.05, 0) is 80.1 Å². The highest BCUT2D eigenvalue weighted by molar-refractivity contribution is 5.82. The van der Waals surface area contributed by atoms with E-state index in [-0.39, 0.29) is 43.6 Å². The molecular formula is C39H42N4O6. The number of hydrogen-bond donors (Lipinski definition) is 2. The maximum Gasteiger partial charge on any atom is 0.311 e. The minimum absolute atomic E-state index is 0.0668. The number of carbonyl (C=O) groups is 1. The van der Waals surface area contributed by atoms with Crippen molar-refractivity contribution in [3.63, 3.8) is 0 Å². The number of nitrogens with zero attached hydrogens (tertiary/aromatic N) is 3. The topological polar surface area (TPSA) is 138 Å². The first-order valence-corrected chi connectivity index (χ1v) is 16.5. The highest BCUT2D eigenvalue weighted by Crippen LogP contribution is 2.38. The van der Waals surface area contributed by atoms with Gasteiger partial charge in [0.05, 0.1) is 28.2 Å². The van der Waals surface area contributed by atoms with E-state index in [1.807, 2.05) is 66.4 Å². The van der Waals surface area contributed by atoms with E-state index in [1.54, 1.807) is 38.1 Å². The van der Waals surface area contributed by atoms with E-state index < -0.39 is 16.6 Å². The van der Waals surface area contributed by atoms with Gasteiger partial charge in [-0.15, -0.1) is 0 Å². The zero-order valence-corrected chi connectivity index (χ0v) is 28.1. The van der Waals surface area contributed by atoms with Crippen LogP contribution in [0.3, 0.4) is 0 Å². The van der Waals surface area contributed by atoms with Crippen LogP contribution in [-0.2, 0) is 24.6 Å². The van der Waals surface area contributed by atoms with Crippen LogP contribution in [0.2, 0.25) is 0 Å². The second-order valence-corrected chi connectivity index (χ2v) is 13.0. The molecule has 1 heterocycles. The normalized spacial score (nSPS) is 14.9. The number of nitriles is 1. The van der Waals surface area contributed by atoms with E-state index in [0.29, 0.717) is 29.8 Å². The number of rotatable bonds is 13. The van der Waals surface area contributed by atoms with Crippen molar-refractivity contribution >= 4 is 11.6 Å². The third-order valence-electron chi connectivity index (χ3n) is 8.69. The molecule has 2 N–H and O–H groups in total. The number of ether oxygens (including phenoxy) is 2. The number of carbonyl (C=O) groups excluding carboxylic acids is 1.